The molecule has 1 aliphatic rings. The van der Waals surface area contributed by atoms with Gasteiger partial charge in [-0.1, -0.05) is 6.92 Å². The van der Waals surface area contributed by atoms with Crippen LogP contribution < -0.4 is 0 Å². The number of hydrogen-bond donors (Lipinski definition) is 0. The van der Waals surface area contributed by atoms with Crippen molar-refractivity contribution in [1.82, 2.24) is 4.90 Å². The molecular formula is C10H19NO3. The molecule has 1 fully saturated rings. The van der Waals surface area contributed by atoms with Gasteiger partial charge in [-0.2, -0.15) is 0 Å². The number of carbonyl (C=O) groups excluding carboxylic acids is 1. The summed E-state index contributed by atoms with van der Waals surface area (Å²) in [6.45, 7) is 4.36. The number of Topliss-reactive ketones (excluding diaryl/α,β-unsaturated/α-hetero) is 1. The summed E-state index contributed by atoms with van der Waals surface area (Å²) in [4.78, 5) is 13.5. The van der Waals surface area contributed by atoms with Gasteiger partial charge in [0.25, 0.3) is 0 Å². The molecule has 14 heavy (non-hydrogen) atoms. The second kappa shape index (κ2) is 5.44. The smallest absolute Gasteiger partial charge is 0.169 e. The van der Waals surface area contributed by atoms with Crippen molar-refractivity contribution in [2.75, 3.05) is 33.9 Å². The van der Waals surface area contributed by atoms with Crippen molar-refractivity contribution in [2.45, 2.75) is 19.6 Å². The number of rotatable bonds is 4. The van der Waals surface area contributed by atoms with Gasteiger partial charge < -0.3 is 9.47 Å². The Kier molecular flexibility index (Phi) is 4.51. The number of ether oxygens (including phenoxy) is 2. The molecule has 4 heteroatoms. The minimum atomic E-state index is -0.185. The number of hydrogen-bond acceptors (Lipinski definition) is 4. The van der Waals surface area contributed by atoms with E-state index in [0.29, 0.717) is 12.2 Å². The maximum Gasteiger partial charge on any atom is 0.169 e. The Hall–Kier alpha value is -0.450. The Bertz CT molecular complexity index is 192. The summed E-state index contributed by atoms with van der Waals surface area (Å²) in [6, 6.07) is 0. The molecule has 1 unspecified atom stereocenters. The van der Waals surface area contributed by atoms with Gasteiger partial charge in [-0.25, -0.2) is 0 Å². The fourth-order valence-corrected chi connectivity index (χ4v) is 1.72. The standard InChI is InChI=1S/C10H19NO3/c1-8-6-11(5-4-9(8)12)7-10(13-2)14-3/h8,10H,4-7H2,1-3H3. The molecular weight excluding hydrogens is 182 g/mol. The Morgan fingerprint density at radius 3 is 2.64 bits per heavy atom. The Balaban J connectivity index is 2.35. The molecule has 1 atom stereocenters. The average molecular weight is 201 g/mol. The zero-order chi connectivity index (χ0) is 10.6. The SMILES string of the molecule is COC(CN1CCC(=O)C(C)C1)OC. The maximum atomic E-state index is 11.3. The molecule has 0 saturated carbocycles. The van der Waals surface area contributed by atoms with Crippen molar-refractivity contribution >= 4 is 5.78 Å². The predicted octanol–water partition coefficient (Wildman–Crippen LogP) is 0.516. The van der Waals surface area contributed by atoms with Crippen molar-refractivity contribution in [3.05, 3.63) is 0 Å². The highest BCUT2D eigenvalue weighted by atomic mass is 16.7. The number of nitrogens with zero attached hydrogens (tertiary/aromatic N) is 1. The van der Waals surface area contributed by atoms with Crippen LogP contribution in [0.3, 0.4) is 0 Å². The molecule has 4 nitrogen and oxygen atoms in total. The molecule has 0 aromatic rings. The van der Waals surface area contributed by atoms with Crippen LogP contribution in [-0.2, 0) is 14.3 Å². The highest BCUT2D eigenvalue weighted by Crippen LogP contribution is 2.12. The third-order valence-electron chi connectivity index (χ3n) is 2.69. The molecule has 0 aromatic carbocycles. The fourth-order valence-electron chi connectivity index (χ4n) is 1.72. The van der Waals surface area contributed by atoms with Gasteiger partial charge in [-0.15, -0.1) is 0 Å². The normalized spacial score (nSPS) is 24.6. The second-order valence-corrected chi connectivity index (χ2v) is 3.78. The first-order chi connectivity index (χ1) is 6.67. The van der Waals surface area contributed by atoms with Crippen molar-refractivity contribution in [1.29, 1.82) is 0 Å². The van der Waals surface area contributed by atoms with Crippen molar-refractivity contribution < 1.29 is 14.3 Å². The zero-order valence-corrected chi connectivity index (χ0v) is 9.16. The number of likely N-dealkylation sites (tertiary alicyclic amines) is 1. The van der Waals surface area contributed by atoms with E-state index in [1.807, 2.05) is 6.92 Å². The van der Waals surface area contributed by atoms with Crippen LogP contribution in [0.25, 0.3) is 0 Å². The molecule has 0 amide bonds. The van der Waals surface area contributed by atoms with E-state index in [4.69, 9.17) is 9.47 Å². The molecule has 0 N–H and O–H groups in total. The van der Waals surface area contributed by atoms with E-state index in [-0.39, 0.29) is 12.2 Å². The molecule has 0 aromatic heterocycles. The van der Waals surface area contributed by atoms with Crippen LogP contribution >= 0.6 is 0 Å². The van der Waals surface area contributed by atoms with Crippen LogP contribution in [0, 0.1) is 5.92 Å². The van der Waals surface area contributed by atoms with E-state index < -0.39 is 0 Å². The first-order valence-corrected chi connectivity index (χ1v) is 4.98. The van der Waals surface area contributed by atoms with Gasteiger partial charge in [0, 0.05) is 46.2 Å². The predicted molar refractivity (Wildman–Crippen MR) is 53.0 cm³/mol. The lowest BCUT2D eigenvalue weighted by Gasteiger charge is -2.31. The van der Waals surface area contributed by atoms with E-state index in [0.717, 1.165) is 19.6 Å². The zero-order valence-electron chi connectivity index (χ0n) is 9.16. The minimum absolute atomic E-state index is 0.151. The lowest BCUT2D eigenvalue weighted by atomic mass is 9.99. The van der Waals surface area contributed by atoms with Crippen molar-refractivity contribution in [2.24, 2.45) is 5.92 Å². The molecule has 1 aliphatic heterocycles. The van der Waals surface area contributed by atoms with E-state index in [1.54, 1.807) is 14.2 Å². The molecule has 1 saturated heterocycles. The van der Waals surface area contributed by atoms with E-state index in [2.05, 4.69) is 4.90 Å². The van der Waals surface area contributed by atoms with E-state index in [1.165, 1.54) is 0 Å². The van der Waals surface area contributed by atoms with Gasteiger partial charge in [-0.3, -0.25) is 9.69 Å². The van der Waals surface area contributed by atoms with Gasteiger partial charge in [0.05, 0.1) is 0 Å². The van der Waals surface area contributed by atoms with Gasteiger partial charge in [-0.05, 0) is 0 Å². The van der Waals surface area contributed by atoms with E-state index in [9.17, 15) is 4.79 Å². The number of ketones is 1. The maximum absolute atomic E-state index is 11.3. The summed E-state index contributed by atoms with van der Waals surface area (Å²) in [7, 11) is 3.26. The van der Waals surface area contributed by atoms with Crippen molar-refractivity contribution in [3.63, 3.8) is 0 Å². The highest BCUT2D eigenvalue weighted by Gasteiger charge is 2.24. The van der Waals surface area contributed by atoms with Crippen LogP contribution in [0.5, 0.6) is 0 Å². The number of methoxy groups -OCH3 is 2. The third kappa shape index (κ3) is 3.04. The van der Waals surface area contributed by atoms with Gasteiger partial charge in [0.15, 0.2) is 6.29 Å². The Morgan fingerprint density at radius 2 is 2.14 bits per heavy atom. The fraction of sp³-hybridized carbons (Fsp3) is 0.900. The molecule has 1 rings (SSSR count). The molecule has 82 valence electrons. The summed E-state index contributed by atoms with van der Waals surface area (Å²) >= 11 is 0. The summed E-state index contributed by atoms with van der Waals surface area (Å²) in [5.74, 6) is 0.519. The van der Waals surface area contributed by atoms with E-state index >= 15 is 0 Å². The Labute approximate surface area is 85.2 Å². The summed E-state index contributed by atoms with van der Waals surface area (Å²) in [5, 5.41) is 0. The summed E-state index contributed by atoms with van der Waals surface area (Å²) in [5.41, 5.74) is 0. The highest BCUT2D eigenvalue weighted by molar-refractivity contribution is 5.81. The van der Waals surface area contributed by atoms with Gasteiger partial charge >= 0.3 is 0 Å². The number of piperidine rings is 1. The molecule has 0 aliphatic carbocycles. The summed E-state index contributed by atoms with van der Waals surface area (Å²) < 4.78 is 10.2. The molecule has 0 radical (unpaired) electrons. The third-order valence-corrected chi connectivity index (χ3v) is 2.69. The average Bonchev–Trinajstić information content (AvgIpc) is 2.19. The summed E-state index contributed by atoms with van der Waals surface area (Å²) in [6.07, 6.45) is 0.469. The van der Waals surface area contributed by atoms with Crippen LogP contribution in [0.2, 0.25) is 0 Å². The monoisotopic (exact) mass is 201 g/mol. The topological polar surface area (TPSA) is 38.8 Å². The van der Waals surface area contributed by atoms with Crippen LogP contribution in [-0.4, -0.2) is 50.8 Å². The second-order valence-electron chi connectivity index (χ2n) is 3.78. The first kappa shape index (κ1) is 11.6. The lowest BCUT2D eigenvalue weighted by molar-refractivity contribution is -0.133. The lowest BCUT2D eigenvalue weighted by Crippen LogP contribution is -2.43. The van der Waals surface area contributed by atoms with Crippen LogP contribution in [0.1, 0.15) is 13.3 Å². The van der Waals surface area contributed by atoms with Crippen molar-refractivity contribution in [3.8, 4) is 0 Å². The molecule has 0 spiro atoms. The van der Waals surface area contributed by atoms with Crippen LogP contribution in [0.15, 0.2) is 0 Å². The van der Waals surface area contributed by atoms with Crippen LogP contribution in [0.4, 0.5) is 0 Å². The van der Waals surface area contributed by atoms with Gasteiger partial charge in [0.1, 0.15) is 5.78 Å². The number of carbonyl (C=O) groups is 1. The first-order valence-electron chi connectivity index (χ1n) is 4.98. The minimum Gasteiger partial charge on any atom is -0.355 e. The Morgan fingerprint density at radius 1 is 1.50 bits per heavy atom. The molecule has 0 bridgehead atoms. The molecule has 1 heterocycles. The quantitative estimate of drug-likeness (QED) is 0.621. The van der Waals surface area contributed by atoms with Gasteiger partial charge in [0.2, 0.25) is 0 Å². The largest absolute Gasteiger partial charge is 0.355 e.